The number of halogens is 4. The number of hydrogen-bond donors (Lipinski definition) is 2. The number of benzene rings is 2. The summed E-state index contributed by atoms with van der Waals surface area (Å²) < 4.78 is 37.7. The number of carbonyl (C=O) groups is 1. The second-order valence-electron chi connectivity index (χ2n) is 6.70. The number of carbonyl (C=O) groups excluding carboxylic acids is 1. The highest BCUT2D eigenvalue weighted by Crippen LogP contribution is 2.28. The summed E-state index contributed by atoms with van der Waals surface area (Å²) in [6, 6.07) is 14.9. The highest BCUT2D eigenvalue weighted by atomic mass is 35.5. The quantitative estimate of drug-likeness (QED) is 0.531. The van der Waals surface area contributed by atoms with Gasteiger partial charge in [0, 0.05) is 29.0 Å². The molecule has 0 atom stereocenters. The second-order valence-corrected chi connectivity index (χ2v) is 7.08. The zero-order valence-corrected chi connectivity index (χ0v) is 16.8. The molecule has 0 fully saturated rings. The van der Waals surface area contributed by atoms with Crippen LogP contribution in [0.1, 0.15) is 32.7 Å². The van der Waals surface area contributed by atoms with Gasteiger partial charge in [-0.3, -0.25) is 9.78 Å². The molecule has 2 N–H and O–H groups in total. The third-order valence-electron chi connectivity index (χ3n) is 4.48. The number of rotatable bonds is 6. The standard InChI is InChI=1S/C22H19ClF3N3O/c1-14-3-2-4-16(20(14)23)11-27-18-8-5-15(6-9-18)21(30)29-13-19-10-7-17(12-28-19)22(24,25)26/h2-10,12,27H,11,13H2,1H3,(H,29,30). The first-order valence-corrected chi connectivity index (χ1v) is 9.50. The van der Waals surface area contributed by atoms with E-state index in [1.807, 2.05) is 25.1 Å². The van der Waals surface area contributed by atoms with Crippen LogP contribution in [0, 0.1) is 6.92 Å². The molecule has 0 unspecified atom stereocenters. The first-order chi connectivity index (χ1) is 14.2. The molecular weight excluding hydrogens is 415 g/mol. The van der Waals surface area contributed by atoms with Gasteiger partial charge in [-0.15, -0.1) is 0 Å². The zero-order chi connectivity index (χ0) is 21.7. The van der Waals surface area contributed by atoms with E-state index in [1.54, 1.807) is 24.3 Å². The first kappa shape index (κ1) is 21.6. The van der Waals surface area contributed by atoms with E-state index in [-0.39, 0.29) is 12.5 Å². The van der Waals surface area contributed by atoms with E-state index in [2.05, 4.69) is 15.6 Å². The van der Waals surface area contributed by atoms with Crippen molar-refractivity contribution in [3.8, 4) is 0 Å². The van der Waals surface area contributed by atoms with Crippen molar-refractivity contribution in [1.82, 2.24) is 10.3 Å². The van der Waals surface area contributed by atoms with Crippen LogP contribution in [0.4, 0.5) is 18.9 Å². The minimum Gasteiger partial charge on any atom is -0.381 e. The van der Waals surface area contributed by atoms with Gasteiger partial charge in [-0.05, 0) is 54.4 Å². The number of aryl methyl sites for hydroxylation is 1. The molecule has 0 bridgehead atoms. The lowest BCUT2D eigenvalue weighted by atomic mass is 10.1. The Morgan fingerprint density at radius 2 is 1.77 bits per heavy atom. The van der Waals surface area contributed by atoms with Crippen LogP contribution in [-0.4, -0.2) is 10.9 Å². The van der Waals surface area contributed by atoms with Crippen LogP contribution in [0.2, 0.25) is 5.02 Å². The molecule has 0 saturated carbocycles. The predicted octanol–water partition coefficient (Wildman–Crippen LogP) is 5.60. The summed E-state index contributed by atoms with van der Waals surface area (Å²) in [6.07, 6.45) is -3.68. The lowest BCUT2D eigenvalue weighted by Crippen LogP contribution is -2.23. The number of pyridine rings is 1. The van der Waals surface area contributed by atoms with Crippen LogP contribution in [0.15, 0.2) is 60.8 Å². The minimum atomic E-state index is -4.44. The zero-order valence-electron chi connectivity index (χ0n) is 16.1. The number of amides is 1. The number of alkyl halides is 3. The van der Waals surface area contributed by atoms with Gasteiger partial charge in [0.1, 0.15) is 0 Å². The van der Waals surface area contributed by atoms with Crippen molar-refractivity contribution in [2.45, 2.75) is 26.2 Å². The Labute approximate surface area is 177 Å². The highest BCUT2D eigenvalue weighted by Gasteiger charge is 2.30. The topological polar surface area (TPSA) is 54.0 Å². The molecule has 1 aromatic heterocycles. The average molecular weight is 434 g/mol. The van der Waals surface area contributed by atoms with Crippen molar-refractivity contribution in [3.63, 3.8) is 0 Å². The van der Waals surface area contributed by atoms with Gasteiger partial charge in [-0.1, -0.05) is 29.8 Å². The molecule has 0 spiro atoms. The number of anilines is 1. The minimum absolute atomic E-state index is 0.0306. The molecule has 0 aliphatic rings. The van der Waals surface area contributed by atoms with Gasteiger partial charge in [-0.2, -0.15) is 13.2 Å². The molecule has 30 heavy (non-hydrogen) atoms. The summed E-state index contributed by atoms with van der Waals surface area (Å²) >= 11 is 6.29. The van der Waals surface area contributed by atoms with Crippen LogP contribution >= 0.6 is 11.6 Å². The van der Waals surface area contributed by atoms with Crippen LogP contribution in [0.5, 0.6) is 0 Å². The van der Waals surface area contributed by atoms with Crippen LogP contribution in [-0.2, 0) is 19.3 Å². The van der Waals surface area contributed by atoms with E-state index in [0.717, 1.165) is 34.1 Å². The van der Waals surface area contributed by atoms with Crippen LogP contribution < -0.4 is 10.6 Å². The summed E-state index contributed by atoms with van der Waals surface area (Å²) in [4.78, 5) is 16.0. The summed E-state index contributed by atoms with van der Waals surface area (Å²) in [5.41, 5.74) is 2.75. The third-order valence-corrected chi connectivity index (χ3v) is 5.02. The Balaban J connectivity index is 1.54. The largest absolute Gasteiger partial charge is 0.417 e. The van der Waals surface area contributed by atoms with E-state index in [0.29, 0.717) is 17.8 Å². The van der Waals surface area contributed by atoms with Gasteiger partial charge < -0.3 is 10.6 Å². The normalized spacial score (nSPS) is 11.2. The lowest BCUT2D eigenvalue weighted by molar-refractivity contribution is -0.137. The molecule has 0 radical (unpaired) electrons. The van der Waals surface area contributed by atoms with Crippen molar-refractivity contribution in [1.29, 1.82) is 0 Å². The molecule has 8 heteroatoms. The summed E-state index contributed by atoms with van der Waals surface area (Å²) in [6.45, 7) is 2.52. The van der Waals surface area contributed by atoms with Crippen LogP contribution in [0.3, 0.4) is 0 Å². The Morgan fingerprint density at radius 1 is 1.03 bits per heavy atom. The SMILES string of the molecule is Cc1cccc(CNc2ccc(C(=O)NCc3ccc(C(F)(F)F)cn3)cc2)c1Cl. The van der Waals surface area contributed by atoms with Crippen molar-refractivity contribution in [2.75, 3.05) is 5.32 Å². The van der Waals surface area contributed by atoms with Crippen molar-refractivity contribution >= 4 is 23.2 Å². The van der Waals surface area contributed by atoms with Crippen molar-refractivity contribution < 1.29 is 18.0 Å². The maximum absolute atomic E-state index is 12.6. The van der Waals surface area contributed by atoms with Gasteiger partial charge in [-0.25, -0.2) is 0 Å². The predicted molar refractivity (Wildman–Crippen MR) is 110 cm³/mol. The summed E-state index contributed by atoms with van der Waals surface area (Å²) in [5, 5.41) is 6.62. The lowest BCUT2D eigenvalue weighted by Gasteiger charge is -2.11. The molecule has 2 aromatic carbocycles. The van der Waals surface area contributed by atoms with Gasteiger partial charge in [0.15, 0.2) is 0 Å². The van der Waals surface area contributed by atoms with Crippen molar-refractivity contribution in [2.24, 2.45) is 0 Å². The Bertz CT molecular complexity index is 1020. The Morgan fingerprint density at radius 3 is 2.40 bits per heavy atom. The average Bonchev–Trinajstić information content (AvgIpc) is 2.73. The monoisotopic (exact) mass is 433 g/mol. The maximum Gasteiger partial charge on any atom is 0.417 e. The molecule has 3 rings (SSSR count). The highest BCUT2D eigenvalue weighted by molar-refractivity contribution is 6.32. The van der Waals surface area contributed by atoms with Crippen molar-refractivity contribution in [3.05, 3.63) is 93.8 Å². The first-order valence-electron chi connectivity index (χ1n) is 9.12. The molecule has 3 aromatic rings. The van der Waals surface area contributed by atoms with Crippen LogP contribution in [0.25, 0.3) is 0 Å². The van der Waals surface area contributed by atoms with Gasteiger partial charge in [0.05, 0.1) is 17.8 Å². The van der Waals surface area contributed by atoms with E-state index in [9.17, 15) is 18.0 Å². The Hall–Kier alpha value is -3.06. The summed E-state index contributed by atoms with van der Waals surface area (Å²) in [5.74, 6) is -0.343. The molecule has 4 nitrogen and oxygen atoms in total. The van der Waals surface area contributed by atoms with Gasteiger partial charge in [0.2, 0.25) is 0 Å². The van der Waals surface area contributed by atoms with E-state index < -0.39 is 11.7 Å². The fraction of sp³-hybridized carbons (Fsp3) is 0.182. The third kappa shape index (κ3) is 5.51. The number of nitrogens with zero attached hydrogens (tertiary/aromatic N) is 1. The smallest absolute Gasteiger partial charge is 0.381 e. The second kappa shape index (κ2) is 9.17. The van der Waals surface area contributed by atoms with E-state index in [1.165, 1.54) is 6.07 Å². The maximum atomic E-state index is 12.6. The van der Waals surface area contributed by atoms with Gasteiger partial charge in [0.25, 0.3) is 5.91 Å². The van der Waals surface area contributed by atoms with E-state index in [4.69, 9.17) is 11.6 Å². The number of hydrogen-bond acceptors (Lipinski definition) is 3. The van der Waals surface area contributed by atoms with Gasteiger partial charge >= 0.3 is 6.18 Å². The molecule has 1 amide bonds. The molecule has 0 saturated heterocycles. The molecule has 1 heterocycles. The molecular formula is C22H19ClF3N3O. The Kier molecular flexibility index (Phi) is 6.62. The molecule has 0 aliphatic heterocycles. The molecule has 156 valence electrons. The number of aromatic nitrogens is 1. The number of nitrogens with one attached hydrogen (secondary N) is 2. The summed E-state index contributed by atoms with van der Waals surface area (Å²) in [7, 11) is 0. The van der Waals surface area contributed by atoms with E-state index >= 15 is 0 Å². The fourth-order valence-electron chi connectivity index (χ4n) is 2.75. The molecule has 0 aliphatic carbocycles. The fourth-order valence-corrected chi connectivity index (χ4v) is 2.94.